The number of benzene rings is 1. The van der Waals surface area contributed by atoms with E-state index in [2.05, 4.69) is 30.7 Å². The summed E-state index contributed by atoms with van der Waals surface area (Å²) in [5.41, 5.74) is 0.953. The quantitative estimate of drug-likeness (QED) is 0.427. The molecule has 36 heavy (non-hydrogen) atoms. The van der Waals surface area contributed by atoms with Crippen LogP contribution in [0.25, 0.3) is 22.6 Å². The van der Waals surface area contributed by atoms with Gasteiger partial charge >= 0.3 is 0 Å². The minimum Gasteiger partial charge on any atom is -0.348 e. The number of pyridine rings is 1. The molecule has 1 unspecified atom stereocenters. The van der Waals surface area contributed by atoms with Crippen molar-refractivity contribution in [3.63, 3.8) is 0 Å². The second-order valence-corrected chi connectivity index (χ2v) is 9.45. The molecule has 3 aromatic heterocycles. The van der Waals surface area contributed by atoms with E-state index >= 15 is 0 Å². The Morgan fingerprint density at radius 1 is 1.19 bits per heavy atom. The van der Waals surface area contributed by atoms with Crippen molar-refractivity contribution in [1.82, 2.24) is 30.0 Å². The number of carbonyl (C=O) groups is 2. The number of carbonyl (C=O) groups excluding carboxylic acids is 2. The van der Waals surface area contributed by atoms with Gasteiger partial charge in [0.25, 0.3) is 5.91 Å². The summed E-state index contributed by atoms with van der Waals surface area (Å²) in [6.45, 7) is 7.49. The molecule has 0 radical (unpaired) electrons. The molecule has 2 amide bonds. The first-order valence-electron chi connectivity index (χ1n) is 11.8. The van der Waals surface area contributed by atoms with E-state index in [1.807, 2.05) is 19.9 Å². The van der Waals surface area contributed by atoms with Gasteiger partial charge in [0, 0.05) is 23.4 Å². The van der Waals surface area contributed by atoms with Crippen LogP contribution in [0.1, 0.15) is 55.7 Å². The molecule has 0 aliphatic carbocycles. The summed E-state index contributed by atoms with van der Waals surface area (Å²) in [7, 11) is 0. The highest BCUT2D eigenvalue weighted by molar-refractivity contribution is 6.09. The van der Waals surface area contributed by atoms with E-state index in [1.54, 1.807) is 49.0 Å². The van der Waals surface area contributed by atoms with Crippen molar-refractivity contribution in [2.75, 3.05) is 5.32 Å². The Bertz CT molecular complexity index is 1510. The number of nitrogens with one attached hydrogen (secondary N) is 2. The zero-order valence-electron chi connectivity index (χ0n) is 20.5. The lowest BCUT2D eigenvalue weighted by Gasteiger charge is -2.19. The summed E-state index contributed by atoms with van der Waals surface area (Å²) >= 11 is 0. The third-order valence-electron chi connectivity index (χ3n) is 6.54. The van der Waals surface area contributed by atoms with E-state index < -0.39 is 5.41 Å². The SMILES string of the molecule is CCC(C)NC(=O)c1nc(-c2nn(Cc3ccccc3F)c3ncccc23)nc2c1C(C)(C)C(=O)N2. The molecule has 4 aromatic rings. The predicted molar refractivity (Wildman–Crippen MR) is 133 cm³/mol. The molecule has 1 atom stereocenters. The molecule has 1 aliphatic heterocycles. The van der Waals surface area contributed by atoms with Gasteiger partial charge in [-0.2, -0.15) is 5.10 Å². The van der Waals surface area contributed by atoms with Crippen LogP contribution in [-0.2, 0) is 16.8 Å². The average Bonchev–Trinajstić information content (AvgIpc) is 3.33. The van der Waals surface area contributed by atoms with Gasteiger partial charge in [-0.1, -0.05) is 25.1 Å². The number of hydrogen-bond donors (Lipinski definition) is 2. The normalized spacial score (nSPS) is 15.0. The zero-order valence-corrected chi connectivity index (χ0v) is 20.5. The second kappa shape index (κ2) is 8.78. The van der Waals surface area contributed by atoms with Gasteiger partial charge in [0.05, 0.1) is 17.3 Å². The monoisotopic (exact) mass is 487 g/mol. The Hall–Kier alpha value is -4.21. The van der Waals surface area contributed by atoms with Crippen molar-refractivity contribution < 1.29 is 14.0 Å². The highest BCUT2D eigenvalue weighted by atomic mass is 19.1. The largest absolute Gasteiger partial charge is 0.348 e. The van der Waals surface area contributed by atoms with E-state index in [0.29, 0.717) is 27.9 Å². The summed E-state index contributed by atoms with van der Waals surface area (Å²) in [5, 5.41) is 11.0. The molecule has 0 saturated carbocycles. The molecule has 2 N–H and O–H groups in total. The molecule has 0 spiro atoms. The Morgan fingerprint density at radius 2 is 1.97 bits per heavy atom. The molecule has 0 saturated heterocycles. The van der Waals surface area contributed by atoms with Gasteiger partial charge in [0.2, 0.25) is 5.91 Å². The molecule has 9 nitrogen and oxygen atoms in total. The molecule has 4 heterocycles. The summed E-state index contributed by atoms with van der Waals surface area (Å²) in [6.07, 6.45) is 2.37. The fourth-order valence-corrected chi connectivity index (χ4v) is 4.26. The van der Waals surface area contributed by atoms with Crippen LogP contribution in [0.3, 0.4) is 0 Å². The van der Waals surface area contributed by atoms with Gasteiger partial charge in [-0.05, 0) is 45.4 Å². The van der Waals surface area contributed by atoms with Gasteiger partial charge in [0.1, 0.15) is 23.0 Å². The number of halogens is 1. The van der Waals surface area contributed by atoms with E-state index in [9.17, 15) is 14.0 Å². The molecular weight excluding hydrogens is 461 g/mol. The van der Waals surface area contributed by atoms with Crippen LogP contribution < -0.4 is 10.6 Å². The number of rotatable bonds is 6. The highest BCUT2D eigenvalue weighted by Gasteiger charge is 2.44. The maximum atomic E-state index is 14.4. The standard InChI is InChI=1S/C26H26FN7O2/c1-5-14(2)29-24(35)20-18-21(32-25(36)26(18,3)4)31-22(30-20)19-16-10-8-12-28-23(16)34(33-19)13-15-9-6-7-11-17(15)27/h6-12,14H,5,13H2,1-4H3,(H,29,35)(H,30,31,32,36). The Balaban J connectivity index is 1.68. The first-order chi connectivity index (χ1) is 17.2. The third-order valence-corrected chi connectivity index (χ3v) is 6.54. The number of nitrogens with zero attached hydrogens (tertiary/aromatic N) is 5. The predicted octanol–water partition coefficient (Wildman–Crippen LogP) is 3.83. The minimum absolute atomic E-state index is 0.0789. The van der Waals surface area contributed by atoms with Gasteiger partial charge < -0.3 is 10.6 Å². The molecule has 0 bridgehead atoms. The van der Waals surface area contributed by atoms with Crippen molar-refractivity contribution in [2.45, 2.75) is 52.1 Å². The zero-order chi connectivity index (χ0) is 25.6. The van der Waals surface area contributed by atoms with Crippen LogP contribution in [0.4, 0.5) is 10.2 Å². The summed E-state index contributed by atoms with van der Waals surface area (Å²) in [5.74, 6) is -0.544. The second-order valence-electron chi connectivity index (χ2n) is 9.45. The van der Waals surface area contributed by atoms with Gasteiger partial charge in [-0.25, -0.2) is 24.0 Å². The van der Waals surface area contributed by atoms with Crippen molar-refractivity contribution in [3.05, 3.63) is 65.2 Å². The van der Waals surface area contributed by atoms with Crippen LogP contribution in [0.2, 0.25) is 0 Å². The lowest BCUT2D eigenvalue weighted by Crippen LogP contribution is -2.35. The van der Waals surface area contributed by atoms with E-state index in [-0.39, 0.29) is 47.6 Å². The van der Waals surface area contributed by atoms with Crippen LogP contribution in [0.5, 0.6) is 0 Å². The number of aromatic nitrogens is 5. The summed E-state index contributed by atoms with van der Waals surface area (Å²) < 4.78 is 16.0. The van der Waals surface area contributed by atoms with Gasteiger partial charge in [0.15, 0.2) is 11.5 Å². The van der Waals surface area contributed by atoms with Crippen molar-refractivity contribution in [2.24, 2.45) is 0 Å². The third kappa shape index (κ3) is 3.88. The molecule has 10 heteroatoms. The molecular formula is C26H26FN7O2. The fraction of sp³-hybridized carbons (Fsp3) is 0.308. The van der Waals surface area contributed by atoms with Crippen molar-refractivity contribution in [1.29, 1.82) is 0 Å². The van der Waals surface area contributed by atoms with E-state index in [4.69, 9.17) is 0 Å². The Labute approximate surface area is 207 Å². The van der Waals surface area contributed by atoms with Gasteiger partial charge in [-0.3, -0.25) is 9.59 Å². The van der Waals surface area contributed by atoms with Crippen molar-refractivity contribution >= 4 is 28.7 Å². The fourth-order valence-electron chi connectivity index (χ4n) is 4.26. The smallest absolute Gasteiger partial charge is 0.270 e. The first kappa shape index (κ1) is 23.5. The Kier molecular flexibility index (Phi) is 5.74. The van der Waals surface area contributed by atoms with Crippen LogP contribution in [0.15, 0.2) is 42.6 Å². The molecule has 1 aromatic carbocycles. The number of anilines is 1. The molecule has 0 fully saturated rings. The Morgan fingerprint density at radius 3 is 2.72 bits per heavy atom. The minimum atomic E-state index is -0.982. The molecule has 5 rings (SSSR count). The molecule has 184 valence electrons. The summed E-state index contributed by atoms with van der Waals surface area (Å²) in [4.78, 5) is 39.7. The topological polar surface area (TPSA) is 115 Å². The van der Waals surface area contributed by atoms with E-state index in [0.717, 1.165) is 6.42 Å². The van der Waals surface area contributed by atoms with Crippen LogP contribution >= 0.6 is 0 Å². The van der Waals surface area contributed by atoms with E-state index in [1.165, 1.54) is 6.07 Å². The van der Waals surface area contributed by atoms with Crippen LogP contribution in [-0.4, -0.2) is 42.6 Å². The lowest BCUT2D eigenvalue weighted by molar-refractivity contribution is -0.119. The van der Waals surface area contributed by atoms with Crippen molar-refractivity contribution in [3.8, 4) is 11.5 Å². The lowest BCUT2D eigenvalue weighted by atomic mass is 9.85. The number of hydrogen-bond acceptors (Lipinski definition) is 6. The van der Waals surface area contributed by atoms with Gasteiger partial charge in [-0.15, -0.1) is 0 Å². The summed E-state index contributed by atoms with van der Waals surface area (Å²) in [6, 6.07) is 9.97. The number of fused-ring (bicyclic) bond motifs is 2. The van der Waals surface area contributed by atoms with Crippen LogP contribution in [0, 0.1) is 5.82 Å². The molecule has 1 aliphatic rings. The maximum absolute atomic E-state index is 14.4. The maximum Gasteiger partial charge on any atom is 0.270 e. The average molecular weight is 488 g/mol. The number of amides is 2. The highest BCUT2D eigenvalue weighted by Crippen LogP contribution is 2.39. The first-order valence-corrected chi connectivity index (χ1v) is 11.8.